The maximum absolute atomic E-state index is 12.0. The molecule has 3 N–H and O–H groups in total. The fourth-order valence-electron chi connectivity index (χ4n) is 4.22. The van der Waals surface area contributed by atoms with Crippen molar-refractivity contribution in [3.05, 3.63) is 75.7 Å². The molecule has 1 aliphatic rings. The molecule has 2 heterocycles. The lowest BCUT2D eigenvalue weighted by Gasteiger charge is -2.34. The molecule has 2 aromatic heterocycles. The van der Waals surface area contributed by atoms with Gasteiger partial charge in [0.25, 0.3) is 0 Å². The molecule has 32 heavy (non-hydrogen) atoms. The standard InChI is InChI=1S/C26H29NO5/c1-4-20-9-5-6-12-26(20,30)27-13-7-8-18-10-11-21-19(14-18)15-22(31-21)24-16(2)23(28)17(3)25(29)32-24/h5-6,9-12,14-15,20,27-28,30H,4,7-8,13H2,1-3H3. The molecule has 0 bridgehead atoms. The number of allylic oxidation sites excluding steroid dienone is 2. The van der Waals surface area contributed by atoms with Crippen molar-refractivity contribution in [2.45, 2.75) is 45.8 Å². The van der Waals surface area contributed by atoms with Crippen LogP contribution in [0.2, 0.25) is 0 Å². The summed E-state index contributed by atoms with van der Waals surface area (Å²) in [5, 5.41) is 25.2. The number of aryl methyl sites for hydroxylation is 1. The Balaban J connectivity index is 1.46. The van der Waals surface area contributed by atoms with E-state index in [0.29, 0.717) is 23.5 Å². The maximum atomic E-state index is 12.0. The molecule has 2 atom stereocenters. The molecule has 0 saturated heterocycles. The van der Waals surface area contributed by atoms with Crippen molar-refractivity contribution in [1.82, 2.24) is 5.32 Å². The summed E-state index contributed by atoms with van der Waals surface area (Å²) in [6.45, 7) is 5.98. The highest BCUT2D eigenvalue weighted by atomic mass is 16.4. The summed E-state index contributed by atoms with van der Waals surface area (Å²) in [5.41, 5.74) is 0.925. The Morgan fingerprint density at radius 2 is 1.94 bits per heavy atom. The molecule has 3 aromatic rings. The minimum Gasteiger partial charge on any atom is -0.507 e. The van der Waals surface area contributed by atoms with Crippen LogP contribution in [0.5, 0.6) is 5.75 Å². The highest BCUT2D eigenvalue weighted by molar-refractivity contribution is 5.83. The summed E-state index contributed by atoms with van der Waals surface area (Å²) in [5.74, 6) is 0.653. The van der Waals surface area contributed by atoms with Gasteiger partial charge in [-0.25, -0.2) is 4.79 Å². The van der Waals surface area contributed by atoms with Crippen LogP contribution in [-0.2, 0) is 6.42 Å². The van der Waals surface area contributed by atoms with E-state index in [4.69, 9.17) is 8.83 Å². The summed E-state index contributed by atoms with van der Waals surface area (Å²) in [6.07, 6.45) is 10.3. The Labute approximate surface area is 186 Å². The first kappa shape index (κ1) is 22.1. The van der Waals surface area contributed by atoms with Crippen molar-refractivity contribution in [2.75, 3.05) is 6.54 Å². The molecule has 0 fully saturated rings. The molecule has 168 valence electrons. The van der Waals surface area contributed by atoms with Gasteiger partial charge in [-0.2, -0.15) is 0 Å². The van der Waals surface area contributed by atoms with Crippen LogP contribution in [-0.4, -0.2) is 22.5 Å². The van der Waals surface area contributed by atoms with Gasteiger partial charge in [-0.15, -0.1) is 0 Å². The molecular weight excluding hydrogens is 406 g/mol. The van der Waals surface area contributed by atoms with Crippen molar-refractivity contribution in [2.24, 2.45) is 5.92 Å². The fraction of sp³-hybridized carbons (Fsp3) is 0.346. The maximum Gasteiger partial charge on any atom is 0.343 e. The van der Waals surface area contributed by atoms with Gasteiger partial charge in [-0.3, -0.25) is 5.32 Å². The number of aliphatic hydroxyl groups is 1. The zero-order chi connectivity index (χ0) is 22.9. The second-order valence-electron chi connectivity index (χ2n) is 8.41. The molecule has 0 amide bonds. The lowest BCUT2D eigenvalue weighted by atomic mass is 9.89. The highest BCUT2D eigenvalue weighted by Crippen LogP contribution is 2.34. The van der Waals surface area contributed by atoms with E-state index in [1.165, 1.54) is 6.92 Å². The first-order valence-electron chi connectivity index (χ1n) is 11.0. The number of benzene rings is 1. The third-order valence-electron chi connectivity index (χ3n) is 6.22. The molecule has 0 radical (unpaired) electrons. The van der Waals surface area contributed by atoms with Gasteiger partial charge in [0.2, 0.25) is 0 Å². The van der Waals surface area contributed by atoms with E-state index in [1.54, 1.807) is 6.92 Å². The second kappa shape index (κ2) is 8.81. The summed E-state index contributed by atoms with van der Waals surface area (Å²) in [7, 11) is 0. The molecule has 2 unspecified atom stereocenters. The van der Waals surface area contributed by atoms with Gasteiger partial charge in [0.15, 0.2) is 11.5 Å². The molecule has 0 spiro atoms. The van der Waals surface area contributed by atoms with E-state index >= 15 is 0 Å². The van der Waals surface area contributed by atoms with E-state index in [2.05, 4.69) is 18.3 Å². The van der Waals surface area contributed by atoms with Gasteiger partial charge in [0.05, 0.1) is 5.56 Å². The Kier molecular flexibility index (Phi) is 6.09. The van der Waals surface area contributed by atoms with Crippen LogP contribution >= 0.6 is 0 Å². The average molecular weight is 436 g/mol. The van der Waals surface area contributed by atoms with E-state index in [0.717, 1.165) is 30.2 Å². The van der Waals surface area contributed by atoms with Crippen LogP contribution in [0, 0.1) is 19.8 Å². The number of fused-ring (bicyclic) bond motifs is 1. The van der Waals surface area contributed by atoms with Gasteiger partial charge in [0, 0.05) is 16.9 Å². The largest absolute Gasteiger partial charge is 0.507 e. The van der Waals surface area contributed by atoms with Gasteiger partial charge < -0.3 is 19.0 Å². The SMILES string of the molecule is CCC1C=CC=CC1(O)NCCCc1ccc2oc(-c3oc(=O)c(C)c(O)c3C)cc2c1. The average Bonchev–Trinajstić information content (AvgIpc) is 3.21. The monoisotopic (exact) mass is 435 g/mol. The summed E-state index contributed by atoms with van der Waals surface area (Å²) >= 11 is 0. The normalized spacial score (nSPS) is 20.3. The molecule has 1 aromatic carbocycles. The van der Waals surface area contributed by atoms with Crippen LogP contribution in [0.25, 0.3) is 22.5 Å². The van der Waals surface area contributed by atoms with Crippen molar-refractivity contribution in [1.29, 1.82) is 0 Å². The Morgan fingerprint density at radius 1 is 1.12 bits per heavy atom. The fourth-order valence-corrected chi connectivity index (χ4v) is 4.22. The number of hydrogen-bond donors (Lipinski definition) is 3. The number of nitrogens with one attached hydrogen (secondary N) is 1. The van der Waals surface area contributed by atoms with Crippen LogP contribution in [0.4, 0.5) is 0 Å². The summed E-state index contributed by atoms with van der Waals surface area (Å²) in [6, 6.07) is 7.79. The molecule has 6 heteroatoms. The molecule has 1 aliphatic carbocycles. The third kappa shape index (κ3) is 4.16. The lowest BCUT2D eigenvalue weighted by Crippen LogP contribution is -2.50. The van der Waals surface area contributed by atoms with Crippen LogP contribution in [0.3, 0.4) is 0 Å². The topological polar surface area (TPSA) is 95.8 Å². The lowest BCUT2D eigenvalue weighted by molar-refractivity contribution is 0.0110. The van der Waals surface area contributed by atoms with Gasteiger partial charge in [-0.1, -0.05) is 31.2 Å². The predicted molar refractivity (Wildman–Crippen MR) is 125 cm³/mol. The van der Waals surface area contributed by atoms with E-state index in [9.17, 15) is 15.0 Å². The molecular formula is C26H29NO5. The van der Waals surface area contributed by atoms with Gasteiger partial charge >= 0.3 is 5.63 Å². The highest BCUT2D eigenvalue weighted by Gasteiger charge is 2.31. The van der Waals surface area contributed by atoms with Crippen molar-refractivity contribution in [3.63, 3.8) is 0 Å². The molecule has 6 nitrogen and oxygen atoms in total. The Hall–Kier alpha value is -3.09. The number of furan rings is 1. The van der Waals surface area contributed by atoms with Crippen LogP contribution < -0.4 is 10.9 Å². The van der Waals surface area contributed by atoms with Crippen molar-refractivity contribution in [3.8, 4) is 17.3 Å². The summed E-state index contributed by atoms with van der Waals surface area (Å²) in [4.78, 5) is 12.0. The molecule has 4 rings (SSSR count). The third-order valence-corrected chi connectivity index (χ3v) is 6.22. The summed E-state index contributed by atoms with van der Waals surface area (Å²) < 4.78 is 11.3. The number of rotatable bonds is 7. The molecule has 0 saturated carbocycles. The first-order chi connectivity index (χ1) is 15.3. The predicted octanol–water partition coefficient (Wildman–Crippen LogP) is 4.74. The van der Waals surface area contributed by atoms with Crippen molar-refractivity contribution >= 4 is 11.0 Å². The zero-order valence-corrected chi connectivity index (χ0v) is 18.6. The van der Waals surface area contributed by atoms with E-state index in [-0.39, 0.29) is 23.0 Å². The zero-order valence-electron chi connectivity index (χ0n) is 18.6. The molecule has 0 aliphatic heterocycles. The Morgan fingerprint density at radius 3 is 2.72 bits per heavy atom. The van der Waals surface area contributed by atoms with E-state index < -0.39 is 11.4 Å². The number of aromatic hydroxyl groups is 1. The van der Waals surface area contributed by atoms with Gasteiger partial charge in [0.1, 0.15) is 17.1 Å². The van der Waals surface area contributed by atoms with Crippen LogP contribution in [0.1, 0.15) is 36.5 Å². The number of hydrogen-bond acceptors (Lipinski definition) is 6. The second-order valence-corrected chi connectivity index (χ2v) is 8.41. The van der Waals surface area contributed by atoms with Gasteiger partial charge in [-0.05, 0) is 69.5 Å². The quantitative estimate of drug-likeness (QED) is 0.367. The minimum atomic E-state index is -0.992. The Bertz CT molecular complexity index is 1250. The smallest absolute Gasteiger partial charge is 0.343 e. The van der Waals surface area contributed by atoms with Crippen molar-refractivity contribution < 1.29 is 19.0 Å². The minimum absolute atomic E-state index is 0.0675. The van der Waals surface area contributed by atoms with Crippen LogP contribution in [0.15, 0.2) is 62.2 Å². The van der Waals surface area contributed by atoms with E-state index in [1.807, 2.05) is 42.5 Å². The first-order valence-corrected chi connectivity index (χ1v) is 11.0.